The highest BCUT2D eigenvalue weighted by Gasteiger charge is 2.15. The van der Waals surface area contributed by atoms with Crippen LogP contribution in [0.4, 0.5) is 5.69 Å². The Balaban J connectivity index is 2.25. The Bertz CT molecular complexity index is 831. The molecule has 0 radical (unpaired) electrons. The van der Waals surface area contributed by atoms with Crippen LogP contribution >= 0.6 is 0 Å². The number of aromatic nitrogens is 1. The van der Waals surface area contributed by atoms with Gasteiger partial charge >= 0.3 is 0 Å². The molecule has 1 heterocycles. The Morgan fingerprint density at radius 1 is 1.10 bits per heavy atom. The van der Waals surface area contributed by atoms with E-state index in [1.165, 1.54) is 6.07 Å². The van der Waals surface area contributed by atoms with E-state index in [1.54, 1.807) is 31.4 Å². The van der Waals surface area contributed by atoms with Gasteiger partial charge in [-0.1, -0.05) is 24.3 Å². The normalized spacial score (nSPS) is 10.5. The molecule has 1 aromatic heterocycles. The van der Waals surface area contributed by atoms with Crippen LogP contribution < -0.4 is 4.74 Å². The van der Waals surface area contributed by atoms with Gasteiger partial charge in [0.05, 0.1) is 28.6 Å². The van der Waals surface area contributed by atoms with Gasteiger partial charge in [-0.15, -0.1) is 0 Å². The van der Waals surface area contributed by atoms with Crippen molar-refractivity contribution >= 4 is 16.6 Å². The highest BCUT2D eigenvalue weighted by molar-refractivity contribution is 5.90. The predicted octanol–water partition coefficient (Wildman–Crippen LogP) is 3.82. The third kappa shape index (κ3) is 2.41. The molecule has 104 valence electrons. The molecule has 0 spiro atoms. The molecule has 5 heteroatoms. The summed E-state index contributed by atoms with van der Waals surface area (Å²) in [5.41, 5.74) is 1.99. The van der Waals surface area contributed by atoms with Crippen LogP contribution in [0.15, 0.2) is 54.6 Å². The molecule has 0 fully saturated rings. The standard InChI is InChI=1S/C16H12N2O3/c1-21-12-6-4-5-11(9-12)15-10-16(18(19)20)13-7-2-3-8-14(13)17-15/h2-10H,1H3. The lowest BCUT2D eigenvalue weighted by Gasteiger charge is -2.06. The third-order valence-electron chi connectivity index (χ3n) is 3.26. The minimum absolute atomic E-state index is 0.0541. The lowest BCUT2D eigenvalue weighted by atomic mass is 10.1. The summed E-state index contributed by atoms with van der Waals surface area (Å²) in [5.74, 6) is 0.685. The molecule has 0 saturated carbocycles. The number of benzene rings is 2. The number of ether oxygens (including phenoxy) is 1. The van der Waals surface area contributed by atoms with Gasteiger partial charge in [-0.05, 0) is 24.3 Å². The first kappa shape index (κ1) is 13.1. The van der Waals surface area contributed by atoms with E-state index in [1.807, 2.05) is 24.3 Å². The summed E-state index contributed by atoms with van der Waals surface area (Å²) in [7, 11) is 1.58. The molecule has 3 aromatic rings. The molecular weight excluding hydrogens is 268 g/mol. The molecule has 0 aliphatic rings. The van der Waals surface area contributed by atoms with Crippen LogP contribution in [0.5, 0.6) is 5.75 Å². The summed E-state index contributed by atoms with van der Waals surface area (Å²) >= 11 is 0. The fourth-order valence-corrected chi connectivity index (χ4v) is 2.24. The van der Waals surface area contributed by atoms with Crippen molar-refractivity contribution in [2.75, 3.05) is 7.11 Å². The van der Waals surface area contributed by atoms with E-state index in [-0.39, 0.29) is 10.6 Å². The van der Waals surface area contributed by atoms with Gasteiger partial charge in [0, 0.05) is 11.6 Å². The maximum absolute atomic E-state index is 11.3. The molecule has 0 unspecified atom stereocenters. The lowest BCUT2D eigenvalue weighted by Crippen LogP contribution is -1.94. The highest BCUT2D eigenvalue weighted by atomic mass is 16.6. The zero-order valence-electron chi connectivity index (χ0n) is 11.3. The molecule has 3 rings (SSSR count). The summed E-state index contributed by atoms with van der Waals surface area (Å²) < 4.78 is 5.18. The van der Waals surface area contributed by atoms with Crippen molar-refractivity contribution in [2.24, 2.45) is 0 Å². The van der Waals surface area contributed by atoms with Crippen LogP contribution in [0.25, 0.3) is 22.2 Å². The van der Waals surface area contributed by atoms with E-state index >= 15 is 0 Å². The van der Waals surface area contributed by atoms with Crippen molar-refractivity contribution in [1.29, 1.82) is 0 Å². The van der Waals surface area contributed by atoms with Crippen LogP contribution in [0.2, 0.25) is 0 Å². The average Bonchev–Trinajstić information content (AvgIpc) is 2.53. The maximum Gasteiger partial charge on any atom is 0.280 e. The smallest absolute Gasteiger partial charge is 0.280 e. The van der Waals surface area contributed by atoms with Crippen molar-refractivity contribution in [2.45, 2.75) is 0 Å². The van der Waals surface area contributed by atoms with E-state index in [0.717, 1.165) is 5.56 Å². The second-order valence-corrected chi connectivity index (χ2v) is 4.53. The number of rotatable bonds is 3. The van der Waals surface area contributed by atoms with Gasteiger partial charge in [0.1, 0.15) is 5.75 Å². The molecular formula is C16H12N2O3. The number of para-hydroxylation sites is 1. The van der Waals surface area contributed by atoms with E-state index in [9.17, 15) is 10.1 Å². The molecule has 5 nitrogen and oxygen atoms in total. The topological polar surface area (TPSA) is 65.3 Å². The van der Waals surface area contributed by atoms with Crippen molar-refractivity contribution in [1.82, 2.24) is 4.98 Å². The first-order valence-corrected chi connectivity index (χ1v) is 6.37. The van der Waals surface area contributed by atoms with Gasteiger partial charge in [-0.3, -0.25) is 10.1 Å². The third-order valence-corrected chi connectivity index (χ3v) is 3.26. The van der Waals surface area contributed by atoms with Gasteiger partial charge in [0.15, 0.2) is 0 Å². The number of hydrogen-bond acceptors (Lipinski definition) is 4. The molecule has 0 aliphatic carbocycles. The number of pyridine rings is 1. The fourth-order valence-electron chi connectivity index (χ4n) is 2.24. The number of hydrogen-bond donors (Lipinski definition) is 0. The largest absolute Gasteiger partial charge is 0.497 e. The second kappa shape index (κ2) is 5.20. The monoisotopic (exact) mass is 280 g/mol. The lowest BCUT2D eigenvalue weighted by molar-refractivity contribution is -0.383. The summed E-state index contributed by atoms with van der Waals surface area (Å²) in [6.45, 7) is 0. The highest BCUT2D eigenvalue weighted by Crippen LogP contribution is 2.30. The van der Waals surface area contributed by atoms with Crippen molar-refractivity contribution in [3.8, 4) is 17.0 Å². The van der Waals surface area contributed by atoms with Gasteiger partial charge in [0.2, 0.25) is 0 Å². The summed E-state index contributed by atoms with van der Waals surface area (Å²) in [4.78, 5) is 15.4. The van der Waals surface area contributed by atoms with Gasteiger partial charge in [-0.25, -0.2) is 4.98 Å². The van der Waals surface area contributed by atoms with Crippen molar-refractivity contribution < 1.29 is 9.66 Å². The Kier molecular flexibility index (Phi) is 3.23. The summed E-state index contributed by atoms with van der Waals surface area (Å²) in [6, 6.07) is 15.9. The number of methoxy groups -OCH3 is 1. The molecule has 0 N–H and O–H groups in total. The molecule has 0 amide bonds. The van der Waals surface area contributed by atoms with E-state index < -0.39 is 0 Å². The molecule has 0 bridgehead atoms. The molecule has 2 aromatic carbocycles. The van der Waals surface area contributed by atoms with Crippen LogP contribution in [-0.4, -0.2) is 17.0 Å². The first-order chi connectivity index (χ1) is 10.2. The van der Waals surface area contributed by atoms with Crippen molar-refractivity contribution in [3.63, 3.8) is 0 Å². The summed E-state index contributed by atoms with van der Waals surface area (Å²) in [5, 5.41) is 11.8. The van der Waals surface area contributed by atoms with Crippen LogP contribution in [0.1, 0.15) is 0 Å². The first-order valence-electron chi connectivity index (χ1n) is 6.37. The van der Waals surface area contributed by atoms with Gasteiger partial charge in [-0.2, -0.15) is 0 Å². The van der Waals surface area contributed by atoms with E-state index in [4.69, 9.17) is 4.74 Å². The zero-order chi connectivity index (χ0) is 14.8. The zero-order valence-corrected chi connectivity index (χ0v) is 11.3. The average molecular weight is 280 g/mol. The van der Waals surface area contributed by atoms with Gasteiger partial charge in [0.25, 0.3) is 5.69 Å². The molecule has 0 atom stereocenters. The number of fused-ring (bicyclic) bond motifs is 1. The maximum atomic E-state index is 11.3. The van der Waals surface area contributed by atoms with Crippen LogP contribution in [0.3, 0.4) is 0 Å². The van der Waals surface area contributed by atoms with Crippen LogP contribution in [0, 0.1) is 10.1 Å². The van der Waals surface area contributed by atoms with E-state index in [0.29, 0.717) is 22.3 Å². The van der Waals surface area contributed by atoms with E-state index in [2.05, 4.69) is 4.98 Å². The molecule has 0 aliphatic heterocycles. The molecule has 0 saturated heterocycles. The minimum atomic E-state index is -0.381. The quantitative estimate of drug-likeness (QED) is 0.540. The predicted molar refractivity (Wildman–Crippen MR) is 80.4 cm³/mol. The fraction of sp³-hybridized carbons (Fsp3) is 0.0625. The van der Waals surface area contributed by atoms with Gasteiger partial charge < -0.3 is 4.74 Å². The SMILES string of the molecule is COc1cccc(-c2cc([N+](=O)[O-])c3ccccc3n2)c1. The Labute approximate surface area is 121 Å². The van der Waals surface area contributed by atoms with Crippen molar-refractivity contribution in [3.05, 3.63) is 64.7 Å². The minimum Gasteiger partial charge on any atom is -0.497 e. The Hall–Kier alpha value is -2.95. The van der Waals surface area contributed by atoms with Crippen LogP contribution in [-0.2, 0) is 0 Å². The summed E-state index contributed by atoms with van der Waals surface area (Å²) in [6.07, 6.45) is 0. The number of nitrogens with zero attached hydrogens (tertiary/aromatic N) is 2. The Morgan fingerprint density at radius 3 is 2.67 bits per heavy atom. The number of nitro groups is 1. The molecule has 21 heavy (non-hydrogen) atoms. The Morgan fingerprint density at radius 2 is 1.90 bits per heavy atom. The second-order valence-electron chi connectivity index (χ2n) is 4.53.